The van der Waals surface area contributed by atoms with Crippen molar-refractivity contribution in [2.75, 3.05) is 26.7 Å². The number of carbonyl (C=O) groups excluding carboxylic acids is 1. The van der Waals surface area contributed by atoms with Gasteiger partial charge >= 0.3 is 5.97 Å². The molecule has 5 nitrogen and oxygen atoms in total. The molecule has 3 atom stereocenters. The first kappa shape index (κ1) is 15.9. The normalized spacial score (nSPS) is 26.1. The Labute approximate surface area is 126 Å². The summed E-state index contributed by atoms with van der Waals surface area (Å²) in [5.74, 6) is -0.416. The Morgan fingerprint density at radius 1 is 1.33 bits per heavy atom. The van der Waals surface area contributed by atoms with E-state index in [-0.39, 0.29) is 12.2 Å². The third-order valence-corrected chi connectivity index (χ3v) is 3.81. The van der Waals surface area contributed by atoms with E-state index in [0.29, 0.717) is 6.54 Å². The lowest BCUT2D eigenvalue weighted by molar-refractivity contribution is -0.150. The van der Waals surface area contributed by atoms with E-state index in [0.717, 1.165) is 18.7 Å². The van der Waals surface area contributed by atoms with Crippen LogP contribution in [0.15, 0.2) is 30.3 Å². The molecule has 1 aromatic rings. The largest absolute Gasteiger partial charge is 0.467 e. The maximum atomic E-state index is 12.3. The molecule has 0 radical (unpaired) electrons. The molecule has 1 aliphatic heterocycles. The van der Waals surface area contributed by atoms with Gasteiger partial charge in [-0.25, -0.2) is 4.79 Å². The molecule has 1 saturated heterocycles. The van der Waals surface area contributed by atoms with Crippen LogP contribution in [0.25, 0.3) is 0 Å². The summed E-state index contributed by atoms with van der Waals surface area (Å²) in [4.78, 5) is 14.4. The number of rotatable bonds is 4. The Morgan fingerprint density at radius 3 is 2.43 bits per heavy atom. The van der Waals surface area contributed by atoms with Gasteiger partial charge in [-0.05, 0) is 19.4 Å². The number of esters is 1. The number of hydrogen-bond acceptors (Lipinski definition) is 5. The molecule has 21 heavy (non-hydrogen) atoms. The molecule has 0 bridgehead atoms. The van der Waals surface area contributed by atoms with Gasteiger partial charge in [0.25, 0.3) is 0 Å². The lowest BCUT2D eigenvalue weighted by atomic mass is 9.90. The summed E-state index contributed by atoms with van der Waals surface area (Å²) >= 11 is 0. The number of nitrogens with zero attached hydrogens (tertiary/aromatic N) is 1. The second-order valence-corrected chi connectivity index (χ2v) is 5.78. The van der Waals surface area contributed by atoms with Crippen LogP contribution in [0.5, 0.6) is 0 Å². The fourth-order valence-corrected chi connectivity index (χ4v) is 2.96. The van der Waals surface area contributed by atoms with Gasteiger partial charge in [0, 0.05) is 19.6 Å². The van der Waals surface area contributed by atoms with Gasteiger partial charge in [-0.15, -0.1) is 0 Å². The van der Waals surface area contributed by atoms with Gasteiger partial charge in [-0.2, -0.15) is 0 Å². The molecule has 0 saturated carbocycles. The van der Waals surface area contributed by atoms with E-state index in [1.165, 1.54) is 7.11 Å². The van der Waals surface area contributed by atoms with Crippen molar-refractivity contribution in [3.8, 4) is 0 Å². The number of methoxy groups -OCH3 is 1. The monoisotopic (exact) mass is 292 g/mol. The number of benzene rings is 1. The van der Waals surface area contributed by atoms with Crippen molar-refractivity contribution in [1.82, 2.24) is 4.90 Å². The fraction of sp³-hybridized carbons (Fsp3) is 0.562. The second kappa shape index (κ2) is 6.56. The molecule has 1 aliphatic rings. The molecule has 2 rings (SSSR count). The van der Waals surface area contributed by atoms with Crippen molar-refractivity contribution in [2.45, 2.75) is 31.6 Å². The van der Waals surface area contributed by atoms with Crippen molar-refractivity contribution in [3.63, 3.8) is 0 Å². The van der Waals surface area contributed by atoms with E-state index in [1.54, 1.807) is 0 Å². The van der Waals surface area contributed by atoms with E-state index in [1.807, 2.05) is 44.2 Å². The third-order valence-electron chi connectivity index (χ3n) is 3.81. The van der Waals surface area contributed by atoms with Crippen molar-refractivity contribution < 1.29 is 14.3 Å². The van der Waals surface area contributed by atoms with Gasteiger partial charge in [-0.1, -0.05) is 30.3 Å². The summed E-state index contributed by atoms with van der Waals surface area (Å²) in [7, 11) is 1.37. The molecule has 1 fully saturated rings. The van der Waals surface area contributed by atoms with E-state index >= 15 is 0 Å². The van der Waals surface area contributed by atoms with Crippen molar-refractivity contribution in [2.24, 2.45) is 5.73 Å². The topological polar surface area (TPSA) is 64.8 Å². The minimum absolute atomic E-state index is 0.131. The first-order valence-electron chi connectivity index (χ1n) is 7.26. The predicted molar refractivity (Wildman–Crippen MR) is 80.8 cm³/mol. The summed E-state index contributed by atoms with van der Waals surface area (Å²) in [6, 6.07) is 9.39. The molecule has 0 aliphatic carbocycles. The molecule has 1 heterocycles. The van der Waals surface area contributed by atoms with Crippen molar-refractivity contribution in [1.29, 1.82) is 0 Å². The first-order chi connectivity index (χ1) is 9.95. The van der Waals surface area contributed by atoms with Crippen LogP contribution in [0.4, 0.5) is 0 Å². The van der Waals surface area contributed by atoms with Crippen LogP contribution in [0.3, 0.4) is 0 Å². The Kier molecular flexibility index (Phi) is 4.98. The standard InChI is InChI=1S/C16H24N2O3/c1-12-9-18(10-13(2)21-12)11-16(17,15(19)20-3)14-7-5-4-6-8-14/h4-8,12-13H,9-11,17H2,1-3H3. The Hall–Kier alpha value is -1.43. The highest BCUT2D eigenvalue weighted by molar-refractivity contribution is 5.82. The first-order valence-corrected chi connectivity index (χ1v) is 7.26. The Morgan fingerprint density at radius 2 is 1.90 bits per heavy atom. The Balaban J connectivity index is 2.23. The minimum Gasteiger partial charge on any atom is -0.467 e. The molecule has 116 valence electrons. The number of carbonyl (C=O) groups is 1. The average molecular weight is 292 g/mol. The number of morpholine rings is 1. The van der Waals surface area contributed by atoms with E-state index in [2.05, 4.69) is 4.90 Å². The van der Waals surface area contributed by atoms with Crippen LogP contribution in [0.2, 0.25) is 0 Å². The molecule has 0 aromatic heterocycles. The van der Waals surface area contributed by atoms with Crippen molar-refractivity contribution in [3.05, 3.63) is 35.9 Å². The fourth-order valence-electron chi connectivity index (χ4n) is 2.96. The number of hydrogen-bond donors (Lipinski definition) is 1. The maximum Gasteiger partial charge on any atom is 0.331 e. The molecule has 5 heteroatoms. The summed E-state index contributed by atoms with van der Waals surface area (Å²) in [6.45, 7) is 5.99. The molecular formula is C16H24N2O3. The van der Waals surface area contributed by atoms with Gasteiger partial charge in [0.2, 0.25) is 0 Å². The smallest absolute Gasteiger partial charge is 0.331 e. The van der Waals surface area contributed by atoms with E-state index in [4.69, 9.17) is 15.2 Å². The molecule has 0 spiro atoms. The highest BCUT2D eigenvalue weighted by atomic mass is 16.5. The summed E-state index contributed by atoms with van der Waals surface area (Å²) < 4.78 is 10.7. The lowest BCUT2D eigenvalue weighted by Gasteiger charge is -2.39. The zero-order valence-electron chi connectivity index (χ0n) is 12.9. The molecule has 2 N–H and O–H groups in total. The molecular weight excluding hydrogens is 268 g/mol. The van der Waals surface area contributed by atoms with E-state index in [9.17, 15) is 4.79 Å². The summed E-state index contributed by atoms with van der Waals surface area (Å²) in [6.07, 6.45) is 0.262. The lowest BCUT2D eigenvalue weighted by Crippen LogP contribution is -2.57. The quantitative estimate of drug-likeness (QED) is 0.843. The minimum atomic E-state index is -1.16. The number of nitrogens with two attached hydrogens (primary N) is 1. The van der Waals surface area contributed by atoms with Gasteiger partial charge in [0.1, 0.15) is 0 Å². The zero-order valence-corrected chi connectivity index (χ0v) is 12.9. The van der Waals surface area contributed by atoms with Crippen molar-refractivity contribution >= 4 is 5.97 Å². The summed E-state index contributed by atoms with van der Waals surface area (Å²) in [5, 5.41) is 0. The van der Waals surface area contributed by atoms with Gasteiger partial charge in [0.15, 0.2) is 5.54 Å². The van der Waals surface area contributed by atoms with Crippen LogP contribution in [0.1, 0.15) is 19.4 Å². The molecule has 1 aromatic carbocycles. The molecule has 3 unspecified atom stereocenters. The zero-order chi connectivity index (χ0) is 15.5. The highest BCUT2D eigenvalue weighted by Gasteiger charge is 2.40. The predicted octanol–water partition coefficient (Wildman–Crippen LogP) is 1.12. The van der Waals surface area contributed by atoms with Crippen LogP contribution in [0, 0.1) is 0 Å². The van der Waals surface area contributed by atoms with Gasteiger partial charge in [0.05, 0.1) is 19.3 Å². The summed E-state index contributed by atoms with van der Waals surface area (Å²) in [5.41, 5.74) is 6.05. The van der Waals surface area contributed by atoms with Crippen LogP contribution in [-0.4, -0.2) is 49.8 Å². The van der Waals surface area contributed by atoms with E-state index < -0.39 is 11.5 Å². The second-order valence-electron chi connectivity index (χ2n) is 5.78. The van der Waals surface area contributed by atoms with Crippen LogP contribution in [-0.2, 0) is 19.8 Å². The van der Waals surface area contributed by atoms with Crippen LogP contribution >= 0.6 is 0 Å². The maximum absolute atomic E-state index is 12.3. The van der Waals surface area contributed by atoms with Gasteiger partial charge in [-0.3, -0.25) is 4.90 Å². The third kappa shape index (κ3) is 3.61. The number of ether oxygens (including phenoxy) is 2. The Bertz CT molecular complexity index is 470. The van der Waals surface area contributed by atoms with Crippen LogP contribution < -0.4 is 5.73 Å². The SMILES string of the molecule is COC(=O)C(N)(CN1CC(C)OC(C)C1)c1ccccc1. The average Bonchev–Trinajstić information content (AvgIpc) is 2.46. The highest BCUT2D eigenvalue weighted by Crippen LogP contribution is 2.23. The van der Waals surface area contributed by atoms with Gasteiger partial charge < -0.3 is 15.2 Å². The molecule has 0 amide bonds.